The van der Waals surface area contributed by atoms with Crippen LogP contribution in [0.2, 0.25) is 0 Å². The van der Waals surface area contributed by atoms with E-state index in [2.05, 4.69) is 10.1 Å². The summed E-state index contributed by atoms with van der Waals surface area (Å²) in [5, 5.41) is 40.1. The van der Waals surface area contributed by atoms with Crippen molar-refractivity contribution < 1.29 is 42.9 Å². The Morgan fingerprint density at radius 2 is 1.79 bits per heavy atom. The van der Waals surface area contributed by atoms with Crippen molar-refractivity contribution in [1.82, 2.24) is 5.32 Å². The molecule has 1 saturated heterocycles. The van der Waals surface area contributed by atoms with Crippen LogP contribution in [0.4, 0.5) is 0 Å². The second-order valence-corrected chi connectivity index (χ2v) is 5.62. The Morgan fingerprint density at radius 1 is 1.26 bits per heavy atom. The Labute approximate surface area is 108 Å². The SMILES string of the molecule is CC(=O)N[C@@H]1[C@@H](O)[C@H](O)[C@@H](C(O)S(=O)(=O)O)O[C@H]1O. The number of carbonyl (C=O) groups is 1. The van der Waals surface area contributed by atoms with Crippen LogP contribution in [-0.2, 0) is 19.6 Å². The van der Waals surface area contributed by atoms with Gasteiger partial charge in [-0.25, -0.2) is 0 Å². The van der Waals surface area contributed by atoms with Gasteiger partial charge in [0, 0.05) is 6.92 Å². The summed E-state index contributed by atoms with van der Waals surface area (Å²) in [5.41, 5.74) is -2.55. The van der Waals surface area contributed by atoms with Gasteiger partial charge >= 0.3 is 0 Å². The van der Waals surface area contributed by atoms with Crippen LogP contribution >= 0.6 is 0 Å². The Morgan fingerprint density at radius 3 is 2.21 bits per heavy atom. The molecule has 1 rings (SSSR count). The van der Waals surface area contributed by atoms with Crippen LogP contribution in [0.15, 0.2) is 0 Å². The Bertz CT molecular complexity index is 438. The summed E-state index contributed by atoms with van der Waals surface area (Å²) >= 11 is 0. The van der Waals surface area contributed by atoms with Crippen molar-refractivity contribution >= 4 is 16.0 Å². The van der Waals surface area contributed by atoms with Gasteiger partial charge in [0.15, 0.2) is 6.29 Å². The lowest BCUT2D eigenvalue weighted by molar-refractivity contribution is -0.258. The van der Waals surface area contributed by atoms with Gasteiger partial charge in [-0.1, -0.05) is 0 Å². The van der Waals surface area contributed by atoms with Crippen LogP contribution in [0.25, 0.3) is 0 Å². The number of hydrogen-bond donors (Lipinski definition) is 6. The molecule has 0 aromatic heterocycles. The maximum Gasteiger partial charge on any atom is 0.294 e. The van der Waals surface area contributed by atoms with E-state index in [0.29, 0.717) is 0 Å². The van der Waals surface area contributed by atoms with Crippen LogP contribution in [0.5, 0.6) is 0 Å². The number of aliphatic hydroxyl groups excluding tert-OH is 4. The van der Waals surface area contributed by atoms with Crippen molar-refractivity contribution in [2.45, 2.75) is 43.0 Å². The van der Waals surface area contributed by atoms with Crippen LogP contribution < -0.4 is 5.32 Å². The molecule has 1 unspecified atom stereocenters. The van der Waals surface area contributed by atoms with E-state index in [-0.39, 0.29) is 0 Å². The second kappa shape index (κ2) is 5.66. The highest BCUT2D eigenvalue weighted by molar-refractivity contribution is 7.86. The van der Waals surface area contributed by atoms with Crippen molar-refractivity contribution in [3.8, 4) is 0 Å². The van der Waals surface area contributed by atoms with Crippen molar-refractivity contribution in [1.29, 1.82) is 0 Å². The number of aliphatic hydroxyl groups is 4. The van der Waals surface area contributed by atoms with Crippen LogP contribution in [-0.4, -0.2) is 75.4 Å². The van der Waals surface area contributed by atoms with Gasteiger partial charge in [0.25, 0.3) is 10.1 Å². The molecule has 0 aromatic rings. The summed E-state index contributed by atoms with van der Waals surface area (Å²) < 4.78 is 34.7. The molecule has 0 spiro atoms. The van der Waals surface area contributed by atoms with Crippen LogP contribution in [0, 0.1) is 0 Å². The summed E-state index contributed by atoms with van der Waals surface area (Å²) in [6.07, 6.45) is -7.58. The average molecular weight is 301 g/mol. The lowest BCUT2D eigenvalue weighted by Gasteiger charge is -2.41. The van der Waals surface area contributed by atoms with E-state index in [1.807, 2.05) is 0 Å². The molecule has 0 radical (unpaired) electrons. The molecular weight excluding hydrogens is 286 g/mol. The maximum atomic E-state index is 10.8. The van der Waals surface area contributed by atoms with E-state index < -0.39 is 52.1 Å². The van der Waals surface area contributed by atoms with Crippen molar-refractivity contribution in [3.63, 3.8) is 0 Å². The third-order valence-electron chi connectivity index (χ3n) is 2.61. The second-order valence-electron chi connectivity index (χ2n) is 4.10. The first-order chi connectivity index (χ1) is 8.55. The Kier molecular flexibility index (Phi) is 4.84. The van der Waals surface area contributed by atoms with Crippen LogP contribution in [0.1, 0.15) is 6.92 Å². The monoisotopic (exact) mass is 301 g/mol. The zero-order valence-electron chi connectivity index (χ0n) is 9.74. The van der Waals surface area contributed by atoms with Gasteiger partial charge in [0.05, 0.1) is 0 Å². The van der Waals surface area contributed by atoms with E-state index >= 15 is 0 Å². The molecule has 1 heterocycles. The minimum atomic E-state index is -4.96. The summed E-state index contributed by atoms with van der Waals surface area (Å²) in [7, 11) is -4.96. The van der Waals surface area contributed by atoms with Gasteiger partial charge in [-0.15, -0.1) is 0 Å². The number of nitrogens with one attached hydrogen (secondary N) is 1. The molecular formula is C8H15NO9S. The fraction of sp³-hybridized carbons (Fsp3) is 0.875. The molecule has 0 aliphatic carbocycles. The highest BCUT2D eigenvalue weighted by Gasteiger charge is 2.49. The van der Waals surface area contributed by atoms with Gasteiger partial charge in [-0.2, -0.15) is 8.42 Å². The summed E-state index contributed by atoms with van der Waals surface area (Å²) in [6.45, 7) is 1.09. The van der Waals surface area contributed by atoms with Gasteiger partial charge < -0.3 is 30.5 Å². The number of carbonyl (C=O) groups excluding carboxylic acids is 1. The zero-order chi connectivity index (χ0) is 15.0. The normalized spacial score (nSPS) is 37.7. The van der Waals surface area contributed by atoms with Gasteiger partial charge in [-0.05, 0) is 0 Å². The third-order valence-corrected chi connectivity index (χ3v) is 3.49. The molecule has 0 saturated carbocycles. The highest BCUT2D eigenvalue weighted by atomic mass is 32.2. The fourth-order valence-electron chi connectivity index (χ4n) is 1.70. The predicted octanol–water partition coefficient (Wildman–Crippen LogP) is -3.86. The van der Waals surface area contributed by atoms with Gasteiger partial charge in [-0.3, -0.25) is 9.35 Å². The first-order valence-electron chi connectivity index (χ1n) is 5.17. The quantitative estimate of drug-likeness (QED) is 0.285. The van der Waals surface area contributed by atoms with E-state index in [1.165, 1.54) is 0 Å². The minimum Gasteiger partial charge on any atom is -0.388 e. The lowest BCUT2D eigenvalue weighted by atomic mass is 9.97. The molecule has 112 valence electrons. The smallest absolute Gasteiger partial charge is 0.294 e. The average Bonchev–Trinajstić information content (AvgIpc) is 2.27. The molecule has 0 aromatic carbocycles. The van der Waals surface area contributed by atoms with Gasteiger partial charge in [0.2, 0.25) is 11.3 Å². The minimum absolute atomic E-state index is 0.632. The largest absolute Gasteiger partial charge is 0.388 e. The summed E-state index contributed by atoms with van der Waals surface area (Å²) in [6, 6.07) is -1.41. The molecule has 1 aliphatic rings. The van der Waals surface area contributed by atoms with Gasteiger partial charge in [0.1, 0.15) is 24.4 Å². The molecule has 0 bridgehead atoms. The van der Waals surface area contributed by atoms with E-state index in [0.717, 1.165) is 6.92 Å². The number of rotatable bonds is 3. The summed E-state index contributed by atoms with van der Waals surface area (Å²) in [5.74, 6) is -0.632. The first kappa shape index (κ1) is 16.2. The molecule has 6 N–H and O–H groups in total. The van der Waals surface area contributed by atoms with Crippen LogP contribution in [0.3, 0.4) is 0 Å². The standard InChI is InChI=1S/C8H15NO9S/c1-2(10)9-3-4(11)5(12)6(18-7(3)13)8(14)19(15,16)17/h3-8,11-14H,1H3,(H,9,10)(H,15,16,17)/t3-,4-,5+,6+,7-,8?/m1/s1. The van der Waals surface area contributed by atoms with E-state index in [9.17, 15) is 33.6 Å². The molecule has 1 fully saturated rings. The van der Waals surface area contributed by atoms with Crippen molar-refractivity contribution in [2.24, 2.45) is 0 Å². The maximum absolute atomic E-state index is 10.8. The third kappa shape index (κ3) is 3.60. The molecule has 11 heteroatoms. The van der Waals surface area contributed by atoms with E-state index in [1.54, 1.807) is 0 Å². The van der Waals surface area contributed by atoms with Crippen molar-refractivity contribution in [3.05, 3.63) is 0 Å². The number of ether oxygens (including phenoxy) is 1. The number of amides is 1. The molecule has 10 nitrogen and oxygen atoms in total. The molecule has 1 amide bonds. The topological polar surface area (TPSA) is 174 Å². The highest BCUT2D eigenvalue weighted by Crippen LogP contribution is 2.23. The molecule has 1 aliphatic heterocycles. The fourth-order valence-corrected chi connectivity index (χ4v) is 2.26. The number of hydrogen-bond acceptors (Lipinski definition) is 8. The zero-order valence-corrected chi connectivity index (χ0v) is 10.6. The predicted molar refractivity (Wildman–Crippen MR) is 58.1 cm³/mol. The Balaban J connectivity index is 2.91. The lowest BCUT2D eigenvalue weighted by Crippen LogP contribution is -2.66. The Hall–Kier alpha value is -0.820. The van der Waals surface area contributed by atoms with E-state index in [4.69, 9.17) is 4.55 Å². The summed E-state index contributed by atoms with van der Waals surface area (Å²) in [4.78, 5) is 10.8. The van der Waals surface area contributed by atoms with Crippen molar-refractivity contribution in [2.75, 3.05) is 0 Å². The molecule has 19 heavy (non-hydrogen) atoms. The first-order valence-corrected chi connectivity index (χ1v) is 6.67. The molecule has 6 atom stereocenters.